The Bertz CT molecular complexity index is 239. The van der Waals surface area contributed by atoms with Crippen LogP contribution in [0.3, 0.4) is 0 Å². The van der Waals surface area contributed by atoms with E-state index in [4.69, 9.17) is 10.4 Å². The van der Waals surface area contributed by atoms with Crippen molar-refractivity contribution >= 4 is 6.09 Å². The summed E-state index contributed by atoms with van der Waals surface area (Å²) >= 11 is 0. The first-order valence-electron chi connectivity index (χ1n) is 3.31. The van der Waals surface area contributed by atoms with Gasteiger partial charge in [0.25, 0.3) is 0 Å². The van der Waals surface area contributed by atoms with Gasteiger partial charge in [-0.05, 0) is 6.42 Å². The van der Waals surface area contributed by atoms with Crippen LogP contribution in [0.15, 0.2) is 11.6 Å². The van der Waals surface area contributed by atoms with Crippen LogP contribution in [0, 0.1) is 11.3 Å². The maximum absolute atomic E-state index is 10.4. The highest BCUT2D eigenvalue weighted by Gasteiger charge is 2.15. The SMILES string of the molecule is N#CC1=CCCN(C(=O)O)C1. The van der Waals surface area contributed by atoms with Crippen molar-refractivity contribution in [3.05, 3.63) is 11.6 Å². The number of hydrogen-bond acceptors (Lipinski definition) is 2. The summed E-state index contributed by atoms with van der Waals surface area (Å²) in [5.74, 6) is 0. The van der Waals surface area contributed by atoms with Crippen LogP contribution in [-0.2, 0) is 0 Å². The second kappa shape index (κ2) is 3.06. The third-order valence-corrected chi connectivity index (χ3v) is 1.57. The largest absolute Gasteiger partial charge is 0.465 e. The van der Waals surface area contributed by atoms with Crippen molar-refractivity contribution in [2.45, 2.75) is 6.42 Å². The lowest BCUT2D eigenvalue weighted by molar-refractivity contribution is 0.148. The first-order chi connectivity index (χ1) is 5.24. The second-order valence-corrected chi connectivity index (χ2v) is 2.33. The molecule has 0 radical (unpaired) electrons. The Labute approximate surface area is 64.3 Å². The smallest absolute Gasteiger partial charge is 0.407 e. The molecule has 0 saturated heterocycles. The van der Waals surface area contributed by atoms with Gasteiger partial charge in [-0.2, -0.15) is 5.26 Å². The summed E-state index contributed by atoms with van der Waals surface area (Å²) in [6, 6.07) is 1.94. The van der Waals surface area contributed by atoms with Gasteiger partial charge in [0, 0.05) is 12.1 Å². The summed E-state index contributed by atoms with van der Waals surface area (Å²) in [4.78, 5) is 11.6. The van der Waals surface area contributed by atoms with Crippen molar-refractivity contribution in [2.24, 2.45) is 0 Å². The molecule has 4 nitrogen and oxygen atoms in total. The van der Waals surface area contributed by atoms with Crippen molar-refractivity contribution < 1.29 is 9.90 Å². The average Bonchev–Trinajstić information content (AvgIpc) is 2.05. The van der Waals surface area contributed by atoms with Gasteiger partial charge < -0.3 is 10.0 Å². The average molecular weight is 152 g/mol. The predicted molar refractivity (Wildman–Crippen MR) is 37.9 cm³/mol. The van der Waals surface area contributed by atoms with Gasteiger partial charge in [-0.15, -0.1) is 0 Å². The quantitative estimate of drug-likeness (QED) is 0.558. The van der Waals surface area contributed by atoms with Crippen molar-refractivity contribution in [3.8, 4) is 6.07 Å². The Morgan fingerprint density at radius 3 is 3.09 bits per heavy atom. The minimum absolute atomic E-state index is 0.242. The molecule has 0 aromatic carbocycles. The van der Waals surface area contributed by atoms with Crippen LogP contribution >= 0.6 is 0 Å². The zero-order chi connectivity index (χ0) is 8.27. The molecule has 0 saturated carbocycles. The van der Waals surface area contributed by atoms with Gasteiger partial charge in [-0.1, -0.05) is 6.08 Å². The Morgan fingerprint density at radius 1 is 1.82 bits per heavy atom. The molecule has 0 fully saturated rings. The number of nitrogens with zero attached hydrogens (tertiary/aromatic N) is 2. The van der Waals surface area contributed by atoms with Crippen LogP contribution in [0.4, 0.5) is 4.79 Å². The van der Waals surface area contributed by atoms with E-state index in [9.17, 15) is 4.79 Å². The maximum atomic E-state index is 10.4. The third kappa shape index (κ3) is 1.71. The molecule has 0 aliphatic carbocycles. The minimum Gasteiger partial charge on any atom is -0.465 e. The highest BCUT2D eigenvalue weighted by Crippen LogP contribution is 2.07. The van der Waals surface area contributed by atoms with Gasteiger partial charge in [0.15, 0.2) is 0 Å². The summed E-state index contributed by atoms with van der Waals surface area (Å²) in [6.07, 6.45) is 1.47. The van der Waals surface area contributed by atoms with Crippen LogP contribution in [0.1, 0.15) is 6.42 Å². The molecule has 0 bridgehead atoms. The summed E-state index contributed by atoms with van der Waals surface area (Å²) in [5.41, 5.74) is 0.540. The van der Waals surface area contributed by atoms with E-state index in [0.29, 0.717) is 18.5 Å². The van der Waals surface area contributed by atoms with Gasteiger partial charge in [-0.25, -0.2) is 4.79 Å². The first-order valence-corrected chi connectivity index (χ1v) is 3.31. The van der Waals surface area contributed by atoms with Crippen molar-refractivity contribution in [1.29, 1.82) is 5.26 Å². The molecule has 4 heteroatoms. The van der Waals surface area contributed by atoms with Gasteiger partial charge in [-0.3, -0.25) is 0 Å². The summed E-state index contributed by atoms with van der Waals surface area (Å²) in [7, 11) is 0. The molecule has 11 heavy (non-hydrogen) atoms. The van der Waals surface area contributed by atoms with E-state index in [1.807, 2.05) is 6.07 Å². The number of hydrogen-bond donors (Lipinski definition) is 1. The van der Waals surface area contributed by atoms with Gasteiger partial charge in [0.2, 0.25) is 0 Å². The van der Waals surface area contributed by atoms with E-state index in [-0.39, 0.29) is 6.54 Å². The molecule has 0 spiro atoms. The Kier molecular flexibility index (Phi) is 2.12. The highest BCUT2D eigenvalue weighted by molar-refractivity contribution is 5.66. The summed E-state index contributed by atoms with van der Waals surface area (Å²) in [5, 5.41) is 17.0. The lowest BCUT2D eigenvalue weighted by atomic mass is 10.1. The number of nitriles is 1. The number of rotatable bonds is 0. The predicted octanol–water partition coefficient (Wildman–Crippen LogP) is 0.820. The molecule has 1 N–H and O–H groups in total. The molecule has 1 heterocycles. The normalized spacial score (nSPS) is 17.0. The van der Waals surface area contributed by atoms with E-state index in [1.54, 1.807) is 6.08 Å². The lowest BCUT2D eigenvalue weighted by Gasteiger charge is -2.21. The first kappa shape index (κ1) is 7.61. The van der Waals surface area contributed by atoms with Crippen molar-refractivity contribution in [1.82, 2.24) is 4.90 Å². The molecular weight excluding hydrogens is 144 g/mol. The van der Waals surface area contributed by atoms with Gasteiger partial charge in [0.1, 0.15) is 0 Å². The molecular formula is C7H8N2O2. The van der Waals surface area contributed by atoms with Crippen LogP contribution in [0.2, 0.25) is 0 Å². The van der Waals surface area contributed by atoms with E-state index < -0.39 is 6.09 Å². The second-order valence-electron chi connectivity index (χ2n) is 2.33. The molecule has 1 aliphatic rings. The fraction of sp³-hybridized carbons (Fsp3) is 0.429. The number of carbonyl (C=O) groups is 1. The summed E-state index contributed by atoms with van der Waals surface area (Å²) in [6.45, 7) is 0.742. The maximum Gasteiger partial charge on any atom is 0.407 e. The van der Waals surface area contributed by atoms with Crippen molar-refractivity contribution in [2.75, 3.05) is 13.1 Å². The topological polar surface area (TPSA) is 64.3 Å². The standard InChI is InChI=1S/C7H8N2O2/c8-4-6-2-1-3-9(5-6)7(10)11/h2H,1,3,5H2,(H,10,11). The minimum atomic E-state index is -0.953. The molecule has 0 atom stereocenters. The highest BCUT2D eigenvalue weighted by atomic mass is 16.4. The zero-order valence-corrected chi connectivity index (χ0v) is 5.95. The summed E-state index contributed by atoms with van der Waals surface area (Å²) < 4.78 is 0. The fourth-order valence-corrected chi connectivity index (χ4v) is 0.988. The number of amides is 1. The molecule has 1 aliphatic heterocycles. The molecule has 0 unspecified atom stereocenters. The molecule has 1 rings (SSSR count). The molecule has 58 valence electrons. The van der Waals surface area contributed by atoms with Crippen LogP contribution in [0.25, 0.3) is 0 Å². The Hall–Kier alpha value is -1.50. The van der Waals surface area contributed by atoms with Gasteiger partial charge in [0.05, 0.1) is 12.6 Å². The fourth-order valence-electron chi connectivity index (χ4n) is 0.988. The van der Waals surface area contributed by atoms with Crippen LogP contribution in [-0.4, -0.2) is 29.2 Å². The third-order valence-electron chi connectivity index (χ3n) is 1.57. The van der Waals surface area contributed by atoms with E-state index in [0.717, 1.165) is 0 Å². The van der Waals surface area contributed by atoms with E-state index in [2.05, 4.69) is 0 Å². The van der Waals surface area contributed by atoms with Crippen molar-refractivity contribution in [3.63, 3.8) is 0 Å². The van der Waals surface area contributed by atoms with E-state index >= 15 is 0 Å². The zero-order valence-electron chi connectivity index (χ0n) is 5.95. The monoisotopic (exact) mass is 152 g/mol. The van der Waals surface area contributed by atoms with E-state index in [1.165, 1.54) is 4.90 Å². The number of carboxylic acid groups (broad SMARTS) is 1. The molecule has 0 aromatic heterocycles. The van der Waals surface area contributed by atoms with Crippen LogP contribution < -0.4 is 0 Å². The molecule has 1 amide bonds. The van der Waals surface area contributed by atoms with Gasteiger partial charge >= 0.3 is 6.09 Å². The van der Waals surface area contributed by atoms with Crippen LogP contribution in [0.5, 0.6) is 0 Å². The Balaban J connectivity index is 2.62. The Morgan fingerprint density at radius 2 is 2.55 bits per heavy atom. The molecule has 0 aromatic rings. The lowest BCUT2D eigenvalue weighted by Crippen LogP contribution is -2.34.